The van der Waals surface area contributed by atoms with Crippen LogP contribution in [0.1, 0.15) is 31.4 Å². The molecule has 1 saturated heterocycles. The molecule has 1 fully saturated rings. The van der Waals surface area contributed by atoms with Gasteiger partial charge in [0.15, 0.2) is 0 Å². The van der Waals surface area contributed by atoms with E-state index in [1.807, 2.05) is 13.1 Å². The molecule has 0 saturated carbocycles. The highest BCUT2D eigenvalue weighted by atomic mass is 19.1. The molecule has 1 N–H and O–H groups in total. The second-order valence-electron chi connectivity index (χ2n) is 4.38. The van der Waals surface area contributed by atoms with Crippen LogP contribution in [0.2, 0.25) is 0 Å². The monoisotopic (exact) mass is 223 g/mol. The van der Waals surface area contributed by atoms with Crippen LogP contribution in [0.15, 0.2) is 24.3 Å². The summed E-state index contributed by atoms with van der Waals surface area (Å²) in [7, 11) is 1.89. The Bertz CT molecular complexity index is 356. The lowest BCUT2D eigenvalue weighted by molar-refractivity contribution is 0.0333. The lowest BCUT2D eigenvalue weighted by Gasteiger charge is -2.23. The summed E-state index contributed by atoms with van der Waals surface area (Å²) in [5.74, 6) is -0.191. The van der Waals surface area contributed by atoms with Crippen molar-refractivity contribution in [3.8, 4) is 0 Å². The molecule has 0 bridgehead atoms. The molecule has 0 aromatic heterocycles. The van der Waals surface area contributed by atoms with E-state index in [1.165, 1.54) is 6.07 Å². The summed E-state index contributed by atoms with van der Waals surface area (Å²) in [6, 6.07) is 6.81. The highest BCUT2D eigenvalue weighted by Gasteiger charge is 2.29. The van der Waals surface area contributed by atoms with Gasteiger partial charge in [-0.25, -0.2) is 4.39 Å². The lowest BCUT2D eigenvalue weighted by atomic mass is 9.99. The molecule has 1 aliphatic rings. The van der Waals surface area contributed by atoms with Crippen LogP contribution in [0.4, 0.5) is 4.39 Å². The predicted molar refractivity (Wildman–Crippen MR) is 61.8 cm³/mol. The molecule has 3 atom stereocenters. The van der Waals surface area contributed by atoms with E-state index < -0.39 is 0 Å². The van der Waals surface area contributed by atoms with Crippen LogP contribution in [-0.2, 0) is 4.74 Å². The van der Waals surface area contributed by atoms with Crippen LogP contribution < -0.4 is 5.32 Å². The van der Waals surface area contributed by atoms with Gasteiger partial charge in [-0.2, -0.15) is 0 Å². The first-order chi connectivity index (χ1) is 7.70. The third-order valence-corrected chi connectivity index (χ3v) is 3.16. The van der Waals surface area contributed by atoms with E-state index in [0.717, 1.165) is 18.4 Å². The van der Waals surface area contributed by atoms with Crippen LogP contribution in [-0.4, -0.2) is 19.3 Å². The molecule has 0 aliphatic carbocycles. The van der Waals surface area contributed by atoms with Crippen LogP contribution in [0.5, 0.6) is 0 Å². The SMILES string of the molecule is CNC(c1cccc(F)c1)C1CCC(C)O1. The van der Waals surface area contributed by atoms with Gasteiger partial charge in [0, 0.05) is 0 Å². The van der Waals surface area contributed by atoms with E-state index in [4.69, 9.17) is 4.74 Å². The predicted octanol–water partition coefficient (Wildman–Crippen LogP) is 2.65. The summed E-state index contributed by atoms with van der Waals surface area (Å²) in [4.78, 5) is 0. The van der Waals surface area contributed by atoms with E-state index in [0.29, 0.717) is 6.10 Å². The average molecular weight is 223 g/mol. The molecule has 0 amide bonds. The molecular formula is C13H18FNO. The van der Waals surface area contributed by atoms with Gasteiger partial charge in [0.1, 0.15) is 5.82 Å². The van der Waals surface area contributed by atoms with E-state index in [9.17, 15) is 4.39 Å². The smallest absolute Gasteiger partial charge is 0.123 e. The Morgan fingerprint density at radius 3 is 2.81 bits per heavy atom. The van der Waals surface area contributed by atoms with Crippen molar-refractivity contribution in [2.75, 3.05) is 7.05 Å². The number of benzene rings is 1. The van der Waals surface area contributed by atoms with Crippen molar-refractivity contribution >= 4 is 0 Å². The van der Waals surface area contributed by atoms with Gasteiger partial charge in [-0.05, 0) is 44.5 Å². The van der Waals surface area contributed by atoms with Crippen molar-refractivity contribution in [1.82, 2.24) is 5.32 Å². The van der Waals surface area contributed by atoms with Gasteiger partial charge in [0.05, 0.1) is 18.2 Å². The molecule has 1 aliphatic heterocycles. The Balaban J connectivity index is 2.16. The normalized spacial score (nSPS) is 26.9. The minimum Gasteiger partial charge on any atom is -0.373 e. The average Bonchev–Trinajstić information content (AvgIpc) is 2.66. The fraction of sp³-hybridized carbons (Fsp3) is 0.538. The highest BCUT2D eigenvalue weighted by molar-refractivity contribution is 5.21. The zero-order valence-corrected chi connectivity index (χ0v) is 9.74. The molecule has 0 spiro atoms. The number of ether oxygens (including phenoxy) is 1. The van der Waals surface area contributed by atoms with E-state index in [-0.39, 0.29) is 18.0 Å². The molecule has 2 rings (SSSR count). The zero-order chi connectivity index (χ0) is 11.5. The molecule has 1 aromatic carbocycles. The minimum atomic E-state index is -0.191. The minimum absolute atomic E-state index is 0.0839. The molecule has 16 heavy (non-hydrogen) atoms. The first-order valence-corrected chi connectivity index (χ1v) is 5.79. The third kappa shape index (κ3) is 2.42. The van der Waals surface area contributed by atoms with E-state index in [2.05, 4.69) is 12.2 Å². The van der Waals surface area contributed by atoms with Gasteiger partial charge >= 0.3 is 0 Å². The Kier molecular flexibility index (Phi) is 3.56. The number of nitrogens with one attached hydrogen (secondary N) is 1. The molecule has 3 unspecified atom stereocenters. The third-order valence-electron chi connectivity index (χ3n) is 3.16. The fourth-order valence-corrected chi connectivity index (χ4v) is 2.35. The first kappa shape index (κ1) is 11.6. The summed E-state index contributed by atoms with van der Waals surface area (Å²) in [5.41, 5.74) is 0.960. The van der Waals surface area contributed by atoms with Gasteiger partial charge in [-0.15, -0.1) is 0 Å². The maximum absolute atomic E-state index is 13.2. The Morgan fingerprint density at radius 1 is 1.44 bits per heavy atom. The Morgan fingerprint density at radius 2 is 2.25 bits per heavy atom. The van der Waals surface area contributed by atoms with Gasteiger partial charge in [-0.3, -0.25) is 0 Å². The van der Waals surface area contributed by atoms with Gasteiger partial charge in [0.2, 0.25) is 0 Å². The molecule has 88 valence electrons. The van der Waals surface area contributed by atoms with Gasteiger partial charge in [-0.1, -0.05) is 12.1 Å². The molecule has 0 radical (unpaired) electrons. The number of halogens is 1. The molecule has 2 nitrogen and oxygen atoms in total. The van der Waals surface area contributed by atoms with Crippen molar-refractivity contribution < 1.29 is 9.13 Å². The second-order valence-corrected chi connectivity index (χ2v) is 4.38. The van der Waals surface area contributed by atoms with Crippen molar-refractivity contribution in [2.24, 2.45) is 0 Å². The van der Waals surface area contributed by atoms with E-state index >= 15 is 0 Å². The van der Waals surface area contributed by atoms with Crippen molar-refractivity contribution in [3.63, 3.8) is 0 Å². The van der Waals surface area contributed by atoms with Gasteiger partial charge < -0.3 is 10.1 Å². The number of hydrogen-bond donors (Lipinski definition) is 1. The van der Waals surface area contributed by atoms with E-state index in [1.54, 1.807) is 12.1 Å². The van der Waals surface area contributed by atoms with Crippen LogP contribution in [0.25, 0.3) is 0 Å². The molecule has 3 heteroatoms. The maximum Gasteiger partial charge on any atom is 0.123 e. The standard InChI is InChI=1S/C13H18FNO/c1-9-6-7-12(16-9)13(15-2)10-4-3-5-11(14)8-10/h3-5,8-9,12-13,15H,6-7H2,1-2H3. The number of likely N-dealkylation sites (N-methyl/N-ethyl adjacent to an activating group) is 1. The topological polar surface area (TPSA) is 21.3 Å². The summed E-state index contributed by atoms with van der Waals surface area (Å²) in [6.07, 6.45) is 2.58. The van der Waals surface area contributed by atoms with Crippen LogP contribution in [0, 0.1) is 5.82 Å². The second kappa shape index (κ2) is 4.93. The largest absolute Gasteiger partial charge is 0.373 e. The molecular weight excluding hydrogens is 205 g/mol. The quantitative estimate of drug-likeness (QED) is 0.850. The van der Waals surface area contributed by atoms with Gasteiger partial charge in [0.25, 0.3) is 0 Å². The maximum atomic E-state index is 13.2. The summed E-state index contributed by atoms with van der Waals surface area (Å²) in [6.45, 7) is 2.08. The first-order valence-electron chi connectivity index (χ1n) is 5.79. The van der Waals surface area contributed by atoms with Crippen molar-refractivity contribution in [2.45, 2.75) is 38.0 Å². The van der Waals surface area contributed by atoms with Crippen LogP contribution in [0.3, 0.4) is 0 Å². The molecule has 1 heterocycles. The highest BCUT2D eigenvalue weighted by Crippen LogP contribution is 2.29. The summed E-state index contributed by atoms with van der Waals surface area (Å²) in [5, 5.41) is 3.22. The zero-order valence-electron chi connectivity index (χ0n) is 9.74. The Hall–Kier alpha value is -0.930. The number of rotatable bonds is 3. The van der Waals surface area contributed by atoms with Crippen LogP contribution >= 0.6 is 0 Å². The summed E-state index contributed by atoms with van der Waals surface area (Å²) < 4.78 is 19.0. The molecule has 1 aromatic rings. The van der Waals surface area contributed by atoms with Crippen molar-refractivity contribution in [1.29, 1.82) is 0 Å². The lowest BCUT2D eigenvalue weighted by Crippen LogP contribution is -2.29. The summed E-state index contributed by atoms with van der Waals surface area (Å²) >= 11 is 0. The Labute approximate surface area is 95.8 Å². The number of hydrogen-bond acceptors (Lipinski definition) is 2. The fourth-order valence-electron chi connectivity index (χ4n) is 2.35. The van der Waals surface area contributed by atoms with Crippen molar-refractivity contribution in [3.05, 3.63) is 35.6 Å².